The third-order valence-corrected chi connectivity index (χ3v) is 3.80. The van der Waals surface area contributed by atoms with E-state index in [1.165, 1.54) is 19.2 Å². The van der Waals surface area contributed by atoms with Gasteiger partial charge >= 0.3 is 17.7 Å². The third kappa shape index (κ3) is 3.93. The van der Waals surface area contributed by atoms with Gasteiger partial charge in [-0.3, -0.25) is 10.1 Å². The molecule has 2 rings (SSSR count). The number of amides is 2. The van der Waals surface area contributed by atoms with Crippen molar-refractivity contribution in [3.05, 3.63) is 45.1 Å². The van der Waals surface area contributed by atoms with Gasteiger partial charge in [0.25, 0.3) is 0 Å². The Morgan fingerprint density at radius 1 is 1.38 bits per heavy atom. The van der Waals surface area contributed by atoms with Crippen LogP contribution in [0.5, 0.6) is 5.75 Å². The summed E-state index contributed by atoms with van der Waals surface area (Å²) in [5.74, 6) is -0.502. The molecule has 0 bridgehead atoms. The molecule has 1 aliphatic rings. The van der Waals surface area contributed by atoms with Gasteiger partial charge in [-0.15, -0.1) is 0 Å². The average Bonchev–Trinajstić information content (AvgIpc) is 2.59. The van der Waals surface area contributed by atoms with E-state index in [0.717, 1.165) is 0 Å². The van der Waals surface area contributed by atoms with E-state index in [-0.39, 0.29) is 23.1 Å². The maximum absolute atomic E-state index is 12.6. The Morgan fingerprint density at radius 3 is 2.62 bits per heavy atom. The summed E-state index contributed by atoms with van der Waals surface area (Å²) in [7, 11) is 1.33. The minimum Gasteiger partial charge on any atom is -0.490 e. The number of nitrogens with zero attached hydrogens (tertiary/aromatic N) is 1. The molecule has 9 heteroatoms. The van der Waals surface area contributed by atoms with Crippen LogP contribution in [-0.4, -0.2) is 30.1 Å². The van der Waals surface area contributed by atoms with E-state index >= 15 is 0 Å². The Bertz CT molecular complexity index is 772. The molecule has 0 spiro atoms. The van der Waals surface area contributed by atoms with Crippen molar-refractivity contribution in [1.82, 2.24) is 10.6 Å². The van der Waals surface area contributed by atoms with E-state index in [2.05, 4.69) is 10.6 Å². The molecule has 0 fully saturated rings. The number of carbonyl (C=O) groups is 2. The highest BCUT2D eigenvalue weighted by molar-refractivity contribution is 5.95. The maximum Gasteiger partial charge on any atom is 0.338 e. The number of urea groups is 1. The minimum absolute atomic E-state index is 0.0880. The van der Waals surface area contributed by atoms with E-state index in [1.54, 1.807) is 26.8 Å². The Kier molecular flexibility index (Phi) is 5.81. The van der Waals surface area contributed by atoms with Crippen molar-refractivity contribution in [3.63, 3.8) is 0 Å². The number of nitro groups is 1. The summed E-state index contributed by atoms with van der Waals surface area (Å²) in [5, 5.41) is 16.5. The largest absolute Gasteiger partial charge is 0.490 e. The summed E-state index contributed by atoms with van der Waals surface area (Å²) < 4.78 is 10.3. The highest BCUT2D eigenvalue weighted by Gasteiger charge is 2.34. The molecule has 2 amide bonds. The van der Waals surface area contributed by atoms with Crippen LogP contribution in [0.4, 0.5) is 10.5 Å². The van der Waals surface area contributed by atoms with Crippen molar-refractivity contribution in [2.24, 2.45) is 0 Å². The third-order valence-electron chi connectivity index (χ3n) is 3.80. The second kappa shape index (κ2) is 7.85. The number of nitro benzene ring substituents is 1. The first-order chi connectivity index (χ1) is 12.3. The van der Waals surface area contributed by atoms with Gasteiger partial charge in [0.05, 0.1) is 29.8 Å². The number of carbonyl (C=O) groups excluding carboxylic acids is 2. The number of hydrogen-bond acceptors (Lipinski definition) is 6. The number of ether oxygens (including phenoxy) is 2. The molecule has 2 N–H and O–H groups in total. The van der Waals surface area contributed by atoms with Gasteiger partial charge in [-0.1, -0.05) is 13.0 Å². The van der Waals surface area contributed by atoms with Gasteiger partial charge in [-0.2, -0.15) is 0 Å². The number of esters is 1. The van der Waals surface area contributed by atoms with Crippen LogP contribution in [0, 0.1) is 10.1 Å². The predicted octanol–water partition coefficient (Wildman–Crippen LogP) is 2.57. The van der Waals surface area contributed by atoms with Crippen LogP contribution >= 0.6 is 0 Å². The second-order valence-electron chi connectivity index (χ2n) is 5.92. The molecular formula is C17H21N3O6. The molecule has 0 saturated heterocycles. The molecule has 1 aromatic rings. The monoisotopic (exact) mass is 363 g/mol. The van der Waals surface area contributed by atoms with Gasteiger partial charge < -0.3 is 20.1 Å². The second-order valence-corrected chi connectivity index (χ2v) is 5.92. The smallest absolute Gasteiger partial charge is 0.338 e. The number of methoxy groups -OCH3 is 1. The number of hydrogen-bond donors (Lipinski definition) is 2. The van der Waals surface area contributed by atoms with Crippen LogP contribution in [0.25, 0.3) is 0 Å². The fourth-order valence-corrected chi connectivity index (χ4v) is 2.69. The van der Waals surface area contributed by atoms with Crippen molar-refractivity contribution in [2.75, 3.05) is 7.11 Å². The number of rotatable bonds is 6. The van der Waals surface area contributed by atoms with E-state index in [4.69, 9.17) is 9.47 Å². The van der Waals surface area contributed by atoms with E-state index in [9.17, 15) is 19.7 Å². The standard InChI is InChI=1S/C17H21N3O6/c1-5-11-14(16(21)26-9(2)3)15(19-17(22)18-11)10-6-7-13(25-4)12(8-10)20(23)24/h6-9,15H,5H2,1-4H3,(H2,18,19,22). The minimum atomic E-state index is -0.866. The zero-order valence-electron chi connectivity index (χ0n) is 15.0. The molecule has 1 unspecified atom stereocenters. The lowest BCUT2D eigenvalue weighted by molar-refractivity contribution is -0.385. The van der Waals surface area contributed by atoms with Gasteiger partial charge in [0.1, 0.15) is 0 Å². The topological polar surface area (TPSA) is 120 Å². The highest BCUT2D eigenvalue weighted by atomic mass is 16.6. The van der Waals surface area contributed by atoms with Gasteiger partial charge in [-0.05, 0) is 31.9 Å². The Hall–Kier alpha value is -3.10. The highest BCUT2D eigenvalue weighted by Crippen LogP contribution is 2.34. The molecule has 9 nitrogen and oxygen atoms in total. The van der Waals surface area contributed by atoms with Crippen molar-refractivity contribution < 1.29 is 24.0 Å². The van der Waals surface area contributed by atoms with Gasteiger partial charge in [0, 0.05) is 11.8 Å². The normalized spacial score (nSPS) is 16.8. The number of benzene rings is 1. The molecular weight excluding hydrogens is 342 g/mol. The summed E-state index contributed by atoms with van der Waals surface area (Å²) in [6.45, 7) is 5.22. The van der Waals surface area contributed by atoms with Gasteiger partial charge in [0.2, 0.25) is 0 Å². The first kappa shape index (κ1) is 19.2. The molecule has 0 aliphatic carbocycles. The Balaban J connectivity index is 2.57. The molecule has 0 radical (unpaired) electrons. The Morgan fingerprint density at radius 2 is 2.08 bits per heavy atom. The lowest BCUT2D eigenvalue weighted by atomic mass is 9.94. The van der Waals surface area contributed by atoms with Crippen LogP contribution in [0.3, 0.4) is 0 Å². The fourth-order valence-electron chi connectivity index (χ4n) is 2.69. The van der Waals surface area contributed by atoms with Crippen molar-refractivity contribution >= 4 is 17.7 Å². The molecule has 1 aromatic carbocycles. The zero-order valence-corrected chi connectivity index (χ0v) is 15.0. The zero-order chi connectivity index (χ0) is 19.4. The summed E-state index contributed by atoms with van der Waals surface area (Å²) in [5.41, 5.74) is 0.768. The van der Waals surface area contributed by atoms with Crippen molar-refractivity contribution in [3.8, 4) is 5.75 Å². The van der Waals surface area contributed by atoms with Gasteiger partial charge in [-0.25, -0.2) is 9.59 Å². The first-order valence-electron chi connectivity index (χ1n) is 8.12. The number of nitrogens with one attached hydrogen (secondary N) is 2. The predicted molar refractivity (Wildman–Crippen MR) is 92.6 cm³/mol. The van der Waals surface area contributed by atoms with E-state index < -0.39 is 23.0 Å². The Labute approximate surface area is 150 Å². The lowest BCUT2D eigenvalue weighted by Gasteiger charge is -2.29. The quantitative estimate of drug-likeness (QED) is 0.455. The fraction of sp³-hybridized carbons (Fsp3) is 0.412. The van der Waals surface area contributed by atoms with Crippen LogP contribution in [-0.2, 0) is 9.53 Å². The van der Waals surface area contributed by atoms with Crippen molar-refractivity contribution in [1.29, 1.82) is 0 Å². The molecule has 140 valence electrons. The summed E-state index contributed by atoms with van der Waals surface area (Å²) >= 11 is 0. The molecule has 1 atom stereocenters. The van der Waals surface area contributed by atoms with Crippen LogP contribution in [0.2, 0.25) is 0 Å². The molecule has 1 aliphatic heterocycles. The molecule has 0 saturated carbocycles. The van der Waals surface area contributed by atoms with Crippen LogP contribution in [0.1, 0.15) is 38.8 Å². The SMILES string of the molecule is CCC1=C(C(=O)OC(C)C)C(c2ccc(OC)c([N+](=O)[O-])c2)NC(=O)N1. The van der Waals surface area contributed by atoms with Crippen LogP contribution < -0.4 is 15.4 Å². The summed E-state index contributed by atoms with van der Waals surface area (Å²) in [6, 6.07) is 2.92. The lowest BCUT2D eigenvalue weighted by Crippen LogP contribution is -2.46. The number of allylic oxidation sites excluding steroid dienone is 1. The molecule has 26 heavy (non-hydrogen) atoms. The van der Waals surface area contributed by atoms with E-state index in [1.807, 2.05) is 0 Å². The molecule has 1 heterocycles. The summed E-state index contributed by atoms with van der Waals surface area (Å²) in [4.78, 5) is 35.3. The van der Waals surface area contributed by atoms with Crippen LogP contribution in [0.15, 0.2) is 29.5 Å². The maximum atomic E-state index is 12.6. The van der Waals surface area contributed by atoms with Crippen molar-refractivity contribution in [2.45, 2.75) is 39.3 Å². The molecule has 0 aromatic heterocycles. The first-order valence-corrected chi connectivity index (χ1v) is 8.12. The summed E-state index contributed by atoms with van der Waals surface area (Å²) in [6.07, 6.45) is 0.0432. The van der Waals surface area contributed by atoms with Gasteiger partial charge in [0.15, 0.2) is 5.75 Å². The average molecular weight is 363 g/mol. The van der Waals surface area contributed by atoms with E-state index in [0.29, 0.717) is 17.7 Å².